The molecule has 5 nitrogen and oxygen atoms in total. The molecule has 0 unspecified atom stereocenters. The Morgan fingerprint density at radius 2 is 1.70 bits per heavy atom. The molecule has 0 bridgehead atoms. The molecule has 1 saturated heterocycles. The second kappa shape index (κ2) is 6.64. The molecule has 0 radical (unpaired) electrons. The van der Waals surface area contributed by atoms with Crippen molar-refractivity contribution in [2.45, 2.75) is 6.42 Å². The van der Waals surface area contributed by atoms with E-state index in [1.54, 1.807) is 11.3 Å². The monoisotopic (exact) mass is 343 g/mol. The Morgan fingerprint density at radius 1 is 0.913 bits per heavy atom. The first kappa shape index (κ1) is 14.6. The molecule has 0 amide bonds. The van der Waals surface area contributed by atoms with Gasteiger partial charge in [-0.1, -0.05) is 30.3 Å². The van der Waals surface area contributed by atoms with Crippen LogP contribution in [0.5, 0.6) is 0 Å². The van der Waals surface area contributed by atoms with Crippen molar-refractivity contribution >= 4 is 33.1 Å². The van der Waals surface area contributed by atoms with E-state index in [0.717, 1.165) is 54.3 Å². The molecule has 118 valence electrons. The Hall–Kier alpha value is -1.99. The molecule has 0 aliphatic carbocycles. The second-order valence-electron chi connectivity index (χ2n) is 5.41. The highest BCUT2D eigenvalue weighted by Gasteiger charge is 2.19. The van der Waals surface area contributed by atoms with Crippen LogP contribution in [0.2, 0.25) is 0 Å². The molecular formula is C16H17N5S2. The fourth-order valence-corrected chi connectivity index (χ4v) is 4.16. The van der Waals surface area contributed by atoms with Crippen LogP contribution in [-0.4, -0.2) is 40.5 Å². The normalized spacial score (nSPS) is 15.7. The van der Waals surface area contributed by atoms with Gasteiger partial charge in [0.1, 0.15) is 0 Å². The quantitative estimate of drug-likeness (QED) is 0.729. The molecule has 1 fully saturated rings. The smallest absolute Gasteiger partial charge is 0.205 e. The van der Waals surface area contributed by atoms with Crippen molar-refractivity contribution in [3.8, 4) is 11.4 Å². The number of anilines is 2. The molecule has 4 rings (SSSR count). The zero-order valence-corrected chi connectivity index (χ0v) is 14.3. The minimum Gasteiger partial charge on any atom is -0.346 e. The van der Waals surface area contributed by atoms with Crippen molar-refractivity contribution < 1.29 is 0 Å². The van der Waals surface area contributed by atoms with Crippen molar-refractivity contribution in [2.24, 2.45) is 0 Å². The SMILES string of the molecule is c1ccc(-c2nsc(N3CCCN(c4nccs4)CC3)n2)cc1. The Labute approximate surface area is 143 Å². The maximum atomic E-state index is 4.74. The molecule has 1 aliphatic heterocycles. The summed E-state index contributed by atoms with van der Waals surface area (Å²) in [6.07, 6.45) is 2.99. The van der Waals surface area contributed by atoms with Crippen LogP contribution in [0.25, 0.3) is 11.4 Å². The van der Waals surface area contributed by atoms with Gasteiger partial charge in [0.15, 0.2) is 11.0 Å². The Bertz CT molecular complexity index is 741. The van der Waals surface area contributed by atoms with E-state index in [2.05, 4.69) is 31.3 Å². The summed E-state index contributed by atoms with van der Waals surface area (Å²) in [4.78, 5) is 13.9. The molecule has 0 spiro atoms. The van der Waals surface area contributed by atoms with E-state index in [9.17, 15) is 0 Å². The predicted molar refractivity (Wildman–Crippen MR) is 96.5 cm³/mol. The Morgan fingerprint density at radius 3 is 2.43 bits per heavy atom. The number of thiazole rings is 1. The van der Waals surface area contributed by atoms with Gasteiger partial charge in [0, 0.05) is 54.9 Å². The van der Waals surface area contributed by atoms with Gasteiger partial charge in [-0.2, -0.15) is 9.36 Å². The molecule has 7 heteroatoms. The fourth-order valence-electron chi connectivity index (χ4n) is 2.72. The van der Waals surface area contributed by atoms with Gasteiger partial charge in [0.25, 0.3) is 0 Å². The number of benzene rings is 1. The van der Waals surface area contributed by atoms with Crippen molar-refractivity contribution in [2.75, 3.05) is 36.0 Å². The molecule has 2 aromatic heterocycles. The van der Waals surface area contributed by atoms with Crippen molar-refractivity contribution in [3.63, 3.8) is 0 Å². The summed E-state index contributed by atoms with van der Waals surface area (Å²) in [6, 6.07) is 10.2. The molecule has 1 aliphatic rings. The predicted octanol–water partition coefficient (Wildman–Crippen LogP) is 3.38. The highest BCUT2D eigenvalue weighted by atomic mass is 32.1. The third-order valence-electron chi connectivity index (χ3n) is 3.90. The number of aromatic nitrogens is 3. The van der Waals surface area contributed by atoms with Gasteiger partial charge in [0.05, 0.1) is 0 Å². The average Bonchev–Trinajstić information content (AvgIpc) is 3.24. The van der Waals surface area contributed by atoms with Crippen LogP contribution < -0.4 is 9.80 Å². The van der Waals surface area contributed by atoms with E-state index >= 15 is 0 Å². The highest BCUT2D eigenvalue weighted by molar-refractivity contribution is 7.13. The lowest BCUT2D eigenvalue weighted by molar-refractivity contribution is 0.803. The number of hydrogen-bond donors (Lipinski definition) is 0. The van der Waals surface area contributed by atoms with Crippen LogP contribution in [0.3, 0.4) is 0 Å². The molecule has 3 heterocycles. The van der Waals surface area contributed by atoms with E-state index in [-0.39, 0.29) is 0 Å². The third kappa shape index (κ3) is 3.20. The molecule has 0 atom stereocenters. The molecular weight excluding hydrogens is 326 g/mol. The number of rotatable bonds is 3. The second-order valence-corrected chi connectivity index (χ2v) is 7.01. The summed E-state index contributed by atoms with van der Waals surface area (Å²) in [5.74, 6) is 0.826. The van der Waals surface area contributed by atoms with Crippen LogP contribution >= 0.6 is 22.9 Å². The Balaban J connectivity index is 1.48. The minimum atomic E-state index is 0.826. The van der Waals surface area contributed by atoms with E-state index in [0.29, 0.717) is 0 Å². The average molecular weight is 343 g/mol. The standard InChI is InChI=1S/C16H17N5S2/c1-2-5-13(6-3-1)14-18-16(23-19-14)21-9-4-8-20(10-11-21)15-17-7-12-22-15/h1-3,5-7,12H,4,8-11H2. The van der Waals surface area contributed by atoms with E-state index < -0.39 is 0 Å². The van der Waals surface area contributed by atoms with Gasteiger partial charge >= 0.3 is 0 Å². The number of nitrogens with zero attached hydrogens (tertiary/aromatic N) is 5. The molecule has 3 aromatic rings. The van der Waals surface area contributed by atoms with Gasteiger partial charge in [-0.3, -0.25) is 0 Å². The lowest BCUT2D eigenvalue weighted by Crippen LogP contribution is -2.30. The molecule has 0 N–H and O–H groups in total. The van der Waals surface area contributed by atoms with Gasteiger partial charge < -0.3 is 9.80 Å². The summed E-state index contributed by atoms with van der Waals surface area (Å²) in [5.41, 5.74) is 1.08. The lowest BCUT2D eigenvalue weighted by Gasteiger charge is -2.20. The largest absolute Gasteiger partial charge is 0.346 e. The first-order valence-corrected chi connectivity index (χ1v) is 9.34. The molecule has 1 aromatic carbocycles. The van der Waals surface area contributed by atoms with Crippen molar-refractivity contribution in [1.29, 1.82) is 0 Å². The summed E-state index contributed by atoms with van der Waals surface area (Å²) < 4.78 is 4.53. The zero-order chi connectivity index (χ0) is 15.5. The highest BCUT2D eigenvalue weighted by Crippen LogP contribution is 2.26. The number of hydrogen-bond acceptors (Lipinski definition) is 7. The summed E-state index contributed by atoms with van der Waals surface area (Å²) >= 11 is 3.20. The van der Waals surface area contributed by atoms with Crippen LogP contribution in [0.4, 0.5) is 10.3 Å². The van der Waals surface area contributed by atoms with Crippen molar-refractivity contribution in [1.82, 2.24) is 14.3 Å². The van der Waals surface area contributed by atoms with Gasteiger partial charge in [0.2, 0.25) is 5.13 Å². The summed E-state index contributed by atoms with van der Waals surface area (Å²) in [7, 11) is 0. The van der Waals surface area contributed by atoms with E-state index in [1.165, 1.54) is 11.5 Å². The lowest BCUT2D eigenvalue weighted by atomic mass is 10.2. The minimum absolute atomic E-state index is 0.826. The summed E-state index contributed by atoms with van der Waals surface area (Å²) in [6.45, 7) is 4.01. The van der Waals surface area contributed by atoms with Gasteiger partial charge in [-0.05, 0) is 6.42 Å². The summed E-state index contributed by atoms with van der Waals surface area (Å²) in [5, 5.41) is 4.17. The maximum absolute atomic E-state index is 4.74. The fraction of sp³-hybridized carbons (Fsp3) is 0.312. The van der Waals surface area contributed by atoms with Crippen LogP contribution in [0.15, 0.2) is 41.9 Å². The van der Waals surface area contributed by atoms with E-state index in [1.807, 2.05) is 29.8 Å². The van der Waals surface area contributed by atoms with Gasteiger partial charge in [-0.25, -0.2) is 4.98 Å². The third-order valence-corrected chi connectivity index (χ3v) is 5.51. The van der Waals surface area contributed by atoms with Crippen molar-refractivity contribution in [3.05, 3.63) is 41.9 Å². The van der Waals surface area contributed by atoms with Crippen LogP contribution in [0, 0.1) is 0 Å². The maximum Gasteiger partial charge on any atom is 0.205 e. The van der Waals surface area contributed by atoms with Crippen LogP contribution in [-0.2, 0) is 0 Å². The topological polar surface area (TPSA) is 45.2 Å². The van der Waals surface area contributed by atoms with E-state index in [4.69, 9.17) is 4.98 Å². The molecule has 23 heavy (non-hydrogen) atoms. The first-order valence-electron chi connectivity index (χ1n) is 7.69. The first-order chi connectivity index (χ1) is 11.4. The zero-order valence-electron chi connectivity index (χ0n) is 12.6. The molecule has 0 saturated carbocycles. The Kier molecular flexibility index (Phi) is 4.21. The van der Waals surface area contributed by atoms with Crippen LogP contribution in [0.1, 0.15) is 6.42 Å². The van der Waals surface area contributed by atoms with Gasteiger partial charge in [-0.15, -0.1) is 11.3 Å².